The van der Waals surface area contributed by atoms with Gasteiger partial charge in [-0.05, 0) is 47.9 Å². The highest BCUT2D eigenvalue weighted by Crippen LogP contribution is 2.36. The van der Waals surface area contributed by atoms with E-state index >= 15 is 0 Å². The molecule has 1 atom stereocenters. The second-order valence-electron chi connectivity index (χ2n) is 5.62. The molecule has 0 aliphatic carbocycles. The van der Waals surface area contributed by atoms with Gasteiger partial charge in [-0.3, -0.25) is 0 Å². The highest BCUT2D eigenvalue weighted by atomic mass is 19.4. The maximum atomic E-state index is 12.7. The zero-order chi connectivity index (χ0) is 16.4. The number of benzene rings is 2. The Kier molecular flexibility index (Phi) is 4.41. The van der Waals surface area contributed by atoms with E-state index in [-0.39, 0.29) is 6.10 Å². The zero-order valence-corrected chi connectivity index (χ0v) is 12.8. The normalized spacial score (nSPS) is 17.8. The monoisotopic (exact) mass is 321 g/mol. The molecule has 122 valence electrons. The first-order chi connectivity index (χ1) is 11.0. The molecule has 2 aromatic rings. The highest BCUT2D eigenvalue weighted by molar-refractivity contribution is 5.69. The summed E-state index contributed by atoms with van der Waals surface area (Å²) in [6.45, 7) is 1.33. The number of fused-ring (bicyclic) bond motifs is 1. The van der Waals surface area contributed by atoms with Crippen LogP contribution in [0.15, 0.2) is 42.5 Å². The molecule has 1 aliphatic heterocycles. The van der Waals surface area contributed by atoms with Gasteiger partial charge in [-0.1, -0.05) is 30.3 Å². The Morgan fingerprint density at radius 3 is 2.52 bits per heavy atom. The van der Waals surface area contributed by atoms with Gasteiger partial charge in [0, 0.05) is 6.54 Å². The van der Waals surface area contributed by atoms with Gasteiger partial charge in [-0.15, -0.1) is 0 Å². The summed E-state index contributed by atoms with van der Waals surface area (Å²) in [5, 5.41) is 3.11. The number of rotatable bonds is 3. The summed E-state index contributed by atoms with van der Waals surface area (Å²) in [5.74, 6) is 0. The van der Waals surface area contributed by atoms with E-state index in [9.17, 15) is 13.2 Å². The Labute approximate surface area is 133 Å². The second kappa shape index (κ2) is 6.34. The lowest BCUT2D eigenvalue weighted by atomic mass is 9.89. The van der Waals surface area contributed by atoms with Crippen molar-refractivity contribution in [3.63, 3.8) is 0 Å². The number of halogens is 3. The van der Waals surface area contributed by atoms with Crippen molar-refractivity contribution in [2.45, 2.75) is 18.7 Å². The predicted molar refractivity (Wildman–Crippen MR) is 83.2 cm³/mol. The van der Waals surface area contributed by atoms with Gasteiger partial charge in [0.05, 0.1) is 18.3 Å². The number of likely N-dealkylation sites (N-methyl/N-ethyl adjacent to an activating group) is 1. The Hall–Kier alpha value is -1.85. The fourth-order valence-electron chi connectivity index (χ4n) is 3.04. The molecule has 2 nitrogen and oxygen atoms in total. The first kappa shape index (κ1) is 16.0. The van der Waals surface area contributed by atoms with Crippen molar-refractivity contribution in [1.29, 1.82) is 0 Å². The van der Waals surface area contributed by atoms with Gasteiger partial charge in [0.15, 0.2) is 0 Å². The van der Waals surface area contributed by atoms with Crippen molar-refractivity contribution in [2.75, 3.05) is 20.2 Å². The van der Waals surface area contributed by atoms with Gasteiger partial charge >= 0.3 is 6.18 Å². The molecule has 0 saturated heterocycles. The lowest BCUT2D eigenvalue weighted by Crippen LogP contribution is -2.25. The molecule has 2 aromatic carbocycles. The van der Waals surface area contributed by atoms with E-state index in [1.807, 2.05) is 25.2 Å². The minimum Gasteiger partial charge on any atom is -0.372 e. The molecular weight excluding hydrogens is 303 g/mol. The van der Waals surface area contributed by atoms with Crippen molar-refractivity contribution in [3.8, 4) is 11.1 Å². The van der Waals surface area contributed by atoms with Crippen molar-refractivity contribution in [2.24, 2.45) is 0 Å². The summed E-state index contributed by atoms with van der Waals surface area (Å²) >= 11 is 0. The fourth-order valence-corrected chi connectivity index (χ4v) is 3.04. The summed E-state index contributed by atoms with van der Waals surface area (Å²) < 4.78 is 43.9. The zero-order valence-electron chi connectivity index (χ0n) is 12.8. The minimum atomic E-state index is -4.31. The summed E-state index contributed by atoms with van der Waals surface area (Å²) in [7, 11) is 1.87. The first-order valence-corrected chi connectivity index (χ1v) is 7.56. The number of nitrogens with one attached hydrogen (secondary N) is 1. The van der Waals surface area contributed by atoms with Crippen molar-refractivity contribution in [1.82, 2.24) is 5.32 Å². The molecule has 1 N–H and O–H groups in total. The Bertz CT molecular complexity index is 680. The molecule has 0 radical (unpaired) electrons. The fraction of sp³-hybridized carbons (Fsp3) is 0.333. The molecule has 0 unspecified atom stereocenters. The molecule has 5 heteroatoms. The molecule has 0 fully saturated rings. The summed E-state index contributed by atoms with van der Waals surface area (Å²) in [4.78, 5) is 0. The van der Waals surface area contributed by atoms with Crippen molar-refractivity contribution in [3.05, 3.63) is 59.2 Å². The standard InChI is InChI=1S/C18H18F3NO/c1-22-11-17-16-4-2-3-14(15(16)9-10-23-17)12-5-7-13(8-6-12)18(19,20)21/h2-8,17,22H,9-11H2,1H3/t17-/m1/s1. The predicted octanol–water partition coefficient (Wildman–Crippen LogP) is 4.21. The number of alkyl halides is 3. The Balaban J connectivity index is 1.99. The van der Waals surface area contributed by atoms with Crippen LogP contribution < -0.4 is 5.32 Å². The van der Waals surface area contributed by atoms with Gasteiger partial charge in [0.2, 0.25) is 0 Å². The minimum absolute atomic E-state index is 0.0156. The van der Waals surface area contributed by atoms with E-state index in [2.05, 4.69) is 5.32 Å². The van der Waals surface area contributed by atoms with Crippen LogP contribution in [0.2, 0.25) is 0 Å². The van der Waals surface area contributed by atoms with Crippen LogP contribution in [0, 0.1) is 0 Å². The summed E-state index contributed by atoms with van der Waals surface area (Å²) in [5.41, 5.74) is 3.45. The molecule has 0 spiro atoms. The third-order valence-electron chi connectivity index (χ3n) is 4.14. The average molecular weight is 321 g/mol. The quantitative estimate of drug-likeness (QED) is 0.914. The largest absolute Gasteiger partial charge is 0.416 e. The number of hydrogen-bond donors (Lipinski definition) is 1. The van der Waals surface area contributed by atoms with Gasteiger partial charge in [0.1, 0.15) is 0 Å². The van der Waals surface area contributed by atoms with E-state index in [1.54, 1.807) is 12.1 Å². The third kappa shape index (κ3) is 3.26. The van der Waals surface area contributed by atoms with Crippen LogP contribution in [-0.4, -0.2) is 20.2 Å². The van der Waals surface area contributed by atoms with Gasteiger partial charge in [-0.2, -0.15) is 13.2 Å². The molecule has 1 heterocycles. The summed E-state index contributed by atoms with van der Waals surface area (Å²) in [6.07, 6.45) is -3.55. The first-order valence-electron chi connectivity index (χ1n) is 7.56. The molecule has 0 saturated carbocycles. The van der Waals surface area contributed by atoms with E-state index < -0.39 is 11.7 Å². The van der Waals surface area contributed by atoms with Gasteiger partial charge in [0.25, 0.3) is 0 Å². The van der Waals surface area contributed by atoms with E-state index in [0.717, 1.165) is 35.2 Å². The lowest BCUT2D eigenvalue weighted by molar-refractivity contribution is -0.137. The lowest BCUT2D eigenvalue weighted by Gasteiger charge is -2.28. The number of ether oxygens (including phenoxy) is 1. The van der Waals surface area contributed by atoms with E-state index in [4.69, 9.17) is 4.74 Å². The van der Waals surface area contributed by atoms with Crippen LogP contribution in [-0.2, 0) is 17.3 Å². The van der Waals surface area contributed by atoms with Crippen LogP contribution in [0.1, 0.15) is 22.8 Å². The maximum absolute atomic E-state index is 12.7. The topological polar surface area (TPSA) is 21.3 Å². The summed E-state index contributed by atoms with van der Waals surface area (Å²) in [6, 6.07) is 11.3. The molecular formula is C18H18F3NO. The molecule has 3 rings (SSSR count). The van der Waals surface area contributed by atoms with E-state index in [0.29, 0.717) is 13.2 Å². The smallest absolute Gasteiger partial charge is 0.372 e. The average Bonchev–Trinajstić information content (AvgIpc) is 2.54. The molecule has 0 bridgehead atoms. The maximum Gasteiger partial charge on any atom is 0.416 e. The molecule has 23 heavy (non-hydrogen) atoms. The van der Waals surface area contributed by atoms with Crippen LogP contribution in [0.25, 0.3) is 11.1 Å². The molecule has 0 aromatic heterocycles. The molecule has 1 aliphatic rings. The Morgan fingerprint density at radius 2 is 1.87 bits per heavy atom. The third-order valence-corrected chi connectivity index (χ3v) is 4.14. The van der Waals surface area contributed by atoms with Crippen molar-refractivity contribution >= 4 is 0 Å². The van der Waals surface area contributed by atoms with Crippen molar-refractivity contribution < 1.29 is 17.9 Å². The molecule has 0 amide bonds. The Morgan fingerprint density at radius 1 is 1.13 bits per heavy atom. The van der Waals surface area contributed by atoms with Gasteiger partial charge < -0.3 is 10.1 Å². The SMILES string of the molecule is CNC[C@H]1OCCc2c(-c3ccc(C(F)(F)F)cc3)cccc21. The van der Waals surface area contributed by atoms with Crippen LogP contribution >= 0.6 is 0 Å². The van der Waals surface area contributed by atoms with Crippen LogP contribution in [0.4, 0.5) is 13.2 Å². The second-order valence-corrected chi connectivity index (χ2v) is 5.62. The van der Waals surface area contributed by atoms with Crippen LogP contribution in [0.3, 0.4) is 0 Å². The highest BCUT2D eigenvalue weighted by Gasteiger charge is 2.30. The number of hydrogen-bond acceptors (Lipinski definition) is 2. The van der Waals surface area contributed by atoms with Crippen LogP contribution in [0.5, 0.6) is 0 Å². The van der Waals surface area contributed by atoms with Gasteiger partial charge in [-0.25, -0.2) is 0 Å². The van der Waals surface area contributed by atoms with E-state index in [1.165, 1.54) is 5.56 Å².